The van der Waals surface area contributed by atoms with Gasteiger partial charge in [0.1, 0.15) is 12.1 Å². The van der Waals surface area contributed by atoms with Crippen molar-refractivity contribution in [3.05, 3.63) is 24.0 Å². The highest BCUT2D eigenvalue weighted by Gasteiger charge is 2.44. The molecule has 100 valence electrons. The van der Waals surface area contributed by atoms with Crippen LogP contribution < -0.4 is 5.32 Å². The number of rotatable bonds is 4. The molecular formula is C13H16N4O2. The van der Waals surface area contributed by atoms with Crippen LogP contribution in [0.5, 0.6) is 0 Å². The zero-order valence-electron chi connectivity index (χ0n) is 10.8. The van der Waals surface area contributed by atoms with Gasteiger partial charge < -0.3 is 10.4 Å². The molecule has 2 heterocycles. The second kappa shape index (κ2) is 4.22. The topological polar surface area (TPSA) is 79.5 Å². The summed E-state index contributed by atoms with van der Waals surface area (Å²) < 4.78 is 1.70. The monoisotopic (exact) mass is 260 g/mol. The van der Waals surface area contributed by atoms with Gasteiger partial charge in [0.15, 0.2) is 5.65 Å². The van der Waals surface area contributed by atoms with E-state index in [2.05, 4.69) is 15.4 Å². The Kier molecular flexibility index (Phi) is 2.66. The number of pyridine rings is 1. The second-order valence-corrected chi connectivity index (χ2v) is 5.24. The number of carboxylic acid groups (broad SMARTS) is 1. The van der Waals surface area contributed by atoms with Gasteiger partial charge >= 0.3 is 5.97 Å². The number of aryl methyl sites for hydroxylation is 1. The molecule has 6 nitrogen and oxygen atoms in total. The number of nitrogens with one attached hydrogen (secondary N) is 1. The Hall–Kier alpha value is -2.11. The van der Waals surface area contributed by atoms with Crippen molar-refractivity contribution in [2.45, 2.75) is 26.2 Å². The summed E-state index contributed by atoms with van der Waals surface area (Å²) in [6.07, 6.45) is 3.96. The Morgan fingerprint density at radius 2 is 2.32 bits per heavy atom. The van der Waals surface area contributed by atoms with Crippen molar-refractivity contribution < 1.29 is 9.90 Å². The van der Waals surface area contributed by atoms with Gasteiger partial charge in [-0.2, -0.15) is 9.61 Å². The van der Waals surface area contributed by atoms with Gasteiger partial charge in [0, 0.05) is 6.54 Å². The first kappa shape index (κ1) is 12.0. The van der Waals surface area contributed by atoms with E-state index in [1.165, 1.54) is 6.33 Å². The lowest BCUT2D eigenvalue weighted by molar-refractivity contribution is -0.153. The molecule has 0 bridgehead atoms. The van der Waals surface area contributed by atoms with Crippen LogP contribution in [0.25, 0.3) is 5.65 Å². The molecule has 0 radical (unpaired) electrons. The third-order valence-corrected chi connectivity index (χ3v) is 3.90. The molecule has 6 heteroatoms. The van der Waals surface area contributed by atoms with Gasteiger partial charge in [-0.25, -0.2) is 4.98 Å². The van der Waals surface area contributed by atoms with Gasteiger partial charge in [-0.3, -0.25) is 4.79 Å². The maximum absolute atomic E-state index is 11.3. The Bertz CT molecular complexity index is 631. The van der Waals surface area contributed by atoms with E-state index in [0.717, 1.165) is 36.3 Å². The van der Waals surface area contributed by atoms with E-state index < -0.39 is 11.4 Å². The van der Waals surface area contributed by atoms with Crippen LogP contribution in [0.3, 0.4) is 0 Å². The summed E-state index contributed by atoms with van der Waals surface area (Å²) in [4.78, 5) is 15.5. The average molecular weight is 260 g/mol. The molecule has 1 saturated carbocycles. The zero-order valence-corrected chi connectivity index (χ0v) is 10.8. The molecule has 2 aromatic heterocycles. The standard InChI is InChI=1S/C13H16N4O2/c1-9-5-10(17-11(6-9)15-8-16-17)14-7-13(12(18)19)3-2-4-13/h5-6,8,14H,2-4,7H2,1H3,(H,18,19). The highest BCUT2D eigenvalue weighted by Crippen LogP contribution is 2.41. The van der Waals surface area contributed by atoms with Crippen LogP contribution in [0, 0.1) is 12.3 Å². The molecular weight excluding hydrogens is 244 g/mol. The number of carboxylic acids is 1. The zero-order chi connectivity index (χ0) is 13.5. The summed E-state index contributed by atoms with van der Waals surface area (Å²) in [7, 11) is 0. The van der Waals surface area contributed by atoms with Crippen molar-refractivity contribution in [2.24, 2.45) is 5.41 Å². The largest absolute Gasteiger partial charge is 0.481 e. The summed E-state index contributed by atoms with van der Waals surface area (Å²) in [6.45, 7) is 2.41. The van der Waals surface area contributed by atoms with E-state index in [0.29, 0.717) is 6.54 Å². The molecule has 0 saturated heterocycles. The van der Waals surface area contributed by atoms with Crippen LogP contribution in [-0.4, -0.2) is 32.2 Å². The van der Waals surface area contributed by atoms with Crippen molar-refractivity contribution >= 4 is 17.4 Å². The molecule has 0 spiro atoms. The van der Waals surface area contributed by atoms with Crippen molar-refractivity contribution in [2.75, 3.05) is 11.9 Å². The molecule has 2 aromatic rings. The summed E-state index contributed by atoms with van der Waals surface area (Å²) in [5.74, 6) is 0.0776. The van der Waals surface area contributed by atoms with Crippen LogP contribution in [-0.2, 0) is 4.79 Å². The Labute approximate surface area is 110 Å². The molecule has 0 aliphatic heterocycles. The fraction of sp³-hybridized carbons (Fsp3) is 0.462. The lowest BCUT2D eigenvalue weighted by Gasteiger charge is -2.37. The molecule has 1 aliphatic rings. The first-order chi connectivity index (χ1) is 9.11. The minimum Gasteiger partial charge on any atom is -0.481 e. The van der Waals surface area contributed by atoms with E-state index >= 15 is 0 Å². The van der Waals surface area contributed by atoms with Gasteiger partial charge in [-0.1, -0.05) is 6.42 Å². The number of nitrogens with zero attached hydrogens (tertiary/aromatic N) is 3. The van der Waals surface area contributed by atoms with E-state index in [-0.39, 0.29) is 0 Å². The fourth-order valence-electron chi connectivity index (χ4n) is 2.51. The minimum atomic E-state index is -0.714. The van der Waals surface area contributed by atoms with Gasteiger partial charge in [0.2, 0.25) is 0 Å². The molecule has 0 atom stereocenters. The second-order valence-electron chi connectivity index (χ2n) is 5.24. The van der Waals surface area contributed by atoms with Crippen LogP contribution in [0.15, 0.2) is 18.5 Å². The summed E-state index contributed by atoms with van der Waals surface area (Å²) >= 11 is 0. The summed E-state index contributed by atoms with van der Waals surface area (Å²) in [5, 5.41) is 16.7. The maximum Gasteiger partial charge on any atom is 0.311 e. The third kappa shape index (κ3) is 1.93. The fourth-order valence-corrected chi connectivity index (χ4v) is 2.51. The Morgan fingerprint density at radius 1 is 1.53 bits per heavy atom. The first-order valence-electron chi connectivity index (χ1n) is 6.38. The number of anilines is 1. The predicted octanol–water partition coefficient (Wildman–Crippen LogP) is 1.70. The van der Waals surface area contributed by atoms with Crippen molar-refractivity contribution in [3.63, 3.8) is 0 Å². The highest BCUT2D eigenvalue weighted by atomic mass is 16.4. The first-order valence-corrected chi connectivity index (χ1v) is 6.38. The van der Waals surface area contributed by atoms with Gasteiger partial charge in [0.25, 0.3) is 0 Å². The third-order valence-electron chi connectivity index (χ3n) is 3.90. The molecule has 1 aliphatic carbocycles. The Morgan fingerprint density at radius 3 is 2.95 bits per heavy atom. The van der Waals surface area contributed by atoms with Crippen molar-refractivity contribution in [3.8, 4) is 0 Å². The van der Waals surface area contributed by atoms with Crippen LogP contribution in [0.4, 0.5) is 5.82 Å². The Balaban J connectivity index is 1.85. The number of aromatic nitrogens is 3. The predicted molar refractivity (Wildman–Crippen MR) is 70.1 cm³/mol. The molecule has 0 unspecified atom stereocenters. The van der Waals surface area contributed by atoms with Crippen LogP contribution in [0.1, 0.15) is 24.8 Å². The molecule has 19 heavy (non-hydrogen) atoms. The lowest BCUT2D eigenvalue weighted by atomic mass is 9.69. The molecule has 0 amide bonds. The molecule has 1 fully saturated rings. The van der Waals surface area contributed by atoms with E-state index in [9.17, 15) is 9.90 Å². The number of hydrogen-bond donors (Lipinski definition) is 2. The van der Waals surface area contributed by atoms with Crippen molar-refractivity contribution in [1.82, 2.24) is 14.6 Å². The number of hydrogen-bond acceptors (Lipinski definition) is 4. The highest BCUT2D eigenvalue weighted by molar-refractivity contribution is 5.76. The number of fused-ring (bicyclic) bond motifs is 1. The van der Waals surface area contributed by atoms with Crippen molar-refractivity contribution in [1.29, 1.82) is 0 Å². The van der Waals surface area contributed by atoms with Gasteiger partial charge in [-0.05, 0) is 37.5 Å². The van der Waals surface area contributed by atoms with Gasteiger partial charge in [-0.15, -0.1) is 0 Å². The lowest BCUT2D eigenvalue weighted by Crippen LogP contribution is -2.43. The normalized spacial score (nSPS) is 17.1. The van der Waals surface area contributed by atoms with E-state index in [1.54, 1.807) is 4.52 Å². The number of aliphatic carboxylic acids is 1. The van der Waals surface area contributed by atoms with Crippen LogP contribution in [0.2, 0.25) is 0 Å². The SMILES string of the molecule is Cc1cc(NCC2(C(=O)O)CCC2)n2ncnc2c1. The molecule has 2 N–H and O–H groups in total. The summed E-state index contributed by atoms with van der Waals surface area (Å²) in [6, 6.07) is 3.89. The minimum absolute atomic E-state index is 0.431. The smallest absolute Gasteiger partial charge is 0.311 e. The average Bonchev–Trinajstić information content (AvgIpc) is 2.74. The number of carbonyl (C=O) groups is 1. The maximum atomic E-state index is 11.3. The van der Waals surface area contributed by atoms with E-state index in [4.69, 9.17) is 0 Å². The quantitative estimate of drug-likeness (QED) is 0.874. The van der Waals surface area contributed by atoms with Crippen LogP contribution >= 0.6 is 0 Å². The van der Waals surface area contributed by atoms with E-state index in [1.807, 2.05) is 19.1 Å². The van der Waals surface area contributed by atoms with Gasteiger partial charge in [0.05, 0.1) is 5.41 Å². The molecule has 3 rings (SSSR count). The molecule has 0 aromatic carbocycles. The summed E-state index contributed by atoms with van der Waals surface area (Å²) in [5.41, 5.74) is 1.22.